The van der Waals surface area contributed by atoms with Crippen LogP contribution >= 0.6 is 0 Å². The molecule has 0 saturated carbocycles. The van der Waals surface area contributed by atoms with Crippen LogP contribution in [0.4, 0.5) is 5.69 Å². The average molecular weight is 580 g/mol. The van der Waals surface area contributed by atoms with E-state index in [2.05, 4.69) is 5.32 Å². The summed E-state index contributed by atoms with van der Waals surface area (Å²) in [6, 6.07) is 22.9. The van der Waals surface area contributed by atoms with Crippen LogP contribution in [0, 0.1) is 6.92 Å². The van der Waals surface area contributed by atoms with Gasteiger partial charge in [-0.15, -0.1) is 0 Å². The van der Waals surface area contributed by atoms with Crippen molar-refractivity contribution in [2.75, 3.05) is 23.7 Å². The number of anilines is 1. The van der Waals surface area contributed by atoms with Gasteiger partial charge in [-0.3, -0.25) is 13.9 Å². The molecular weight excluding hydrogens is 538 g/mol. The fourth-order valence-corrected chi connectivity index (χ4v) is 5.35. The number of ether oxygens (including phenoxy) is 1. The van der Waals surface area contributed by atoms with Gasteiger partial charge < -0.3 is 15.0 Å². The topological polar surface area (TPSA) is 96.0 Å². The molecule has 0 aromatic heterocycles. The Morgan fingerprint density at radius 1 is 0.927 bits per heavy atom. The molecule has 3 rings (SSSR count). The van der Waals surface area contributed by atoms with Gasteiger partial charge in [0.2, 0.25) is 21.8 Å². The molecule has 1 N–H and O–H groups in total. The standard InChI is InChI=1S/C32H41N3O5S/c1-6-25(4)33-32(37)29(21-26-16-9-8-10-17-26)34(22-27-18-12-11-15-24(27)3)31(36)23-35(41(5,38)39)28-19-13-14-20-30(28)40-7-2/h8-20,25,29H,6-7,21-23H2,1-5H3,(H,33,37)/t25-,29-/m0/s1. The van der Waals surface area contributed by atoms with E-state index >= 15 is 0 Å². The van der Waals surface area contributed by atoms with E-state index in [1.807, 2.05) is 75.4 Å². The Balaban J connectivity index is 2.09. The number of aryl methyl sites for hydroxylation is 1. The summed E-state index contributed by atoms with van der Waals surface area (Å²) in [5.41, 5.74) is 2.99. The molecule has 8 nitrogen and oxygen atoms in total. The number of hydrogen-bond donors (Lipinski definition) is 1. The van der Waals surface area contributed by atoms with Crippen molar-refractivity contribution < 1.29 is 22.7 Å². The van der Waals surface area contributed by atoms with Gasteiger partial charge in [0, 0.05) is 19.0 Å². The van der Waals surface area contributed by atoms with Gasteiger partial charge in [-0.2, -0.15) is 0 Å². The van der Waals surface area contributed by atoms with Crippen molar-refractivity contribution in [3.05, 3.63) is 95.6 Å². The van der Waals surface area contributed by atoms with E-state index in [9.17, 15) is 18.0 Å². The van der Waals surface area contributed by atoms with Crippen LogP contribution in [0.15, 0.2) is 78.9 Å². The second-order valence-electron chi connectivity index (χ2n) is 10.1. The summed E-state index contributed by atoms with van der Waals surface area (Å²) in [5.74, 6) is -0.426. The van der Waals surface area contributed by atoms with Crippen LogP contribution in [0.25, 0.3) is 0 Å². The summed E-state index contributed by atoms with van der Waals surface area (Å²) in [6.07, 6.45) is 2.06. The van der Waals surface area contributed by atoms with Gasteiger partial charge in [0.15, 0.2) is 0 Å². The first kappa shape index (κ1) is 31.7. The van der Waals surface area contributed by atoms with E-state index in [0.29, 0.717) is 12.4 Å². The van der Waals surface area contributed by atoms with Crippen molar-refractivity contribution >= 4 is 27.5 Å². The van der Waals surface area contributed by atoms with Crippen LogP contribution in [0.5, 0.6) is 5.75 Å². The molecule has 0 aliphatic carbocycles. The minimum absolute atomic E-state index is 0.0956. The lowest BCUT2D eigenvalue weighted by atomic mass is 10.0. The second kappa shape index (κ2) is 14.7. The zero-order valence-electron chi connectivity index (χ0n) is 24.5. The van der Waals surface area contributed by atoms with Crippen LogP contribution in [0.3, 0.4) is 0 Å². The van der Waals surface area contributed by atoms with Crippen LogP contribution < -0.4 is 14.4 Å². The van der Waals surface area contributed by atoms with E-state index in [4.69, 9.17) is 4.74 Å². The summed E-state index contributed by atoms with van der Waals surface area (Å²) in [7, 11) is -3.89. The number of nitrogens with zero attached hydrogens (tertiary/aromatic N) is 2. The first-order chi connectivity index (χ1) is 19.5. The molecular formula is C32H41N3O5S. The highest BCUT2D eigenvalue weighted by Gasteiger charge is 2.34. The zero-order chi connectivity index (χ0) is 30.0. The van der Waals surface area contributed by atoms with Crippen LogP contribution in [0.1, 0.15) is 43.9 Å². The molecule has 9 heteroatoms. The molecule has 0 unspecified atom stereocenters. The minimum atomic E-state index is -3.89. The van der Waals surface area contributed by atoms with Crippen molar-refractivity contribution in [1.82, 2.24) is 10.2 Å². The van der Waals surface area contributed by atoms with E-state index in [1.54, 1.807) is 31.2 Å². The molecule has 2 atom stereocenters. The van der Waals surface area contributed by atoms with Gasteiger partial charge in [0.1, 0.15) is 18.3 Å². The molecule has 41 heavy (non-hydrogen) atoms. The molecule has 3 aromatic carbocycles. The Morgan fingerprint density at radius 3 is 2.20 bits per heavy atom. The van der Waals surface area contributed by atoms with Crippen molar-refractivity contribution in [1.29, 1.82) is 0 Å². The molecule has 0 aliphatic heterocycles. The Hall–Kier alpha value is -3.85. The largest absolute Gasteiger partial charge is 0.492 e. The van der Waals surface area contributed by atoms with Crippen molar-refractivity contribution in [3.63, 3.8) is 0 Å². The molecule has 0 radical (unpaired) electrons. The maximum atomic E-state index is 14.2. The van der Waals surface area contributed by atoms with Crippen molar-refractivity contribution in [3.8, 4) is 5.75 Å². The molecule has 0 saturated heterocycles. The third kappa shape index (κ3) is 8.82. The lowest BCUT2D eigenvalue weighted by Crippen LogP contribution is -2.54. The fraction of sp³-hybridized carbons (Fsp3) is 0.375. The third-order valence-electron chi connectivity index (χ3n) is 6.99. The summed E-state index contributed by atoms with van der Waals surface area (Å²) in [6.45, 7) is 7.63. The van der Waals surface area contributed by atoms with E-state index < -0.39 is 28.5 Å². The number of carbonyl (C=O) groups is 2. The molecule has 3 aromatic rings. The minimum Gasteiger partial charge on any atom is -0.492 e. The number of hydrogen-bond acceptors (Lipinski definition) is 5. The van der Waals surface area contributed by atoms with Crippen molar-refractivity contribution in [2.45, 2.75) is 59.2 Å². The first-order valence-electron chi connectivity index (χ1n) is 13.9. The predicted molar refractivity (Wildman–Crippen MR) is 163 cm³/mol. The monoisotopic (exact) mass is 579 g/mol. The van der Waals surface area contributed by atoms with Gasteiger partial charge in [0.25, 0.3) is 0 Å². The number of nitrogens with one attached hydrogen (secondary N) is 1. The summed E-state index contributed by atoms with van der Waals surface area (Å²) >= 11 is 0. The molecule has 2 amide bonds. The molecule has 220 valence electrons. The van der Waals surface area contributed by atoms with Gasteiger partial charge in [-0.25, -0.2) is 8.42 Å². The number of rotatable bonds is 14. The molecule has 0 heterocycles. The maximum Gasteiger partial charge on any atom is 0.244 e. The summed E-state index contributed by atoms with van der Waals surface area (Å²) in [5, 5.41) is 3.04. The summed E-state index contributed by atoms with van der Waals surface area (Å²) < 4.78 is 32.9. The summed E-state index contributed by atoms with van der Waals surface area (Å²) in [4.78, 5) is 29.5. The van der Waals surface area contributed by atoms with E-state index in [1.165, 1.54) is 4.90 Å². The van der Waals surface area contributed by atoms with Gasteiger partial charge >= 0.3 is 0 Å². The number of amides is 2. The third-order valence-corrected chi connectivity index (χ3v) is 8.11. The average Bonchev–Trinajstić information content (AvgIpc) is 2.95. The highest BCUT2D eigenvalue weighted by atomic mass is 32.2. The van der Waals surface area contributed by atoms with Gasteiger partial charge in [-0.1, -0.05) is 73.7 Å². The normalized spacial score (nSPS) is 12.7. The number of sulfonamides is 1. The molecule has 0 spiro atoms. The maximum absolute atomic E-state index is 14.2. The lowest BCUT2D eigenvalue weighted by Gasteiger charge is -2.34. The molecule has 0 aliphatic rings. The Morgan fingerprint density at radius 2 is 1.56 bits per heavy atom. The molecule has 0 bridgehead atoms. The van der Waals surface area contributed by atoms with Crippen molar-refractivity contribution in [2.24, 2.45) is 0 Å². The molecule has 0 fully saturated rings. The quantitative estimate of drug-likeness (QED) is 0.298. The van der Waals surface area contributed by atoms with Crippen LogP contribution in [-0.4, -0.2) is 56.6 Å². The lowest BCUT2D eigenvalue weighted by molar-refractivity contribution is -0.140. The number of carbonyl (C=O) groups excluding carboxylic acids is 2. The smallest absolute Gasteiger partial charge is 0.244 e. The SMILES string of the molecule is CCOc1ccccc1N(CC(=O)N(Cc1ccccc1C)[C@@H](Cc1ccccc1)C(=O)N[C@@H](C)CC)S(C)(=O)=O. The highest BCUT2D eigenvalue weighted by molar-refractivity contribution is 7.92. The van der Waals surface area contributed by atoms with Gasteiger partial charge in [-0.05, 0) is 56.0 Å². The Bertz CT molecular complexity index is 1410. The van der Waals surface area contributed by atoms with E-state index in [0.717, 1.165) is 33.7 Å². The van der Waals surface area contributed by atoms with Crippen LogP contribution in [0.2, 0.25) is 0 Å². The highest BCUT2D eigenvalue weighted by Crippen LogP contribution is 2.30. The number of benzene rings is 3. The first-order valence-corrected chi connectivity index (χ1v) is 15.8. The predicted octanol–water partition coefficient (Wildman–Crippen LogP) is 4.71. The van der Waals surface area contributed by atoms with Crippen LogP contribution in [-0.2, 0) is 32.6 Å². The Labute approximate surface area is 244 Å². The number of para-hydroxylation sites is 2. The van der Waals surface area contributed by atoms with E-state index in [-0.39, 0.29) is 30.6 Å². The fourth-order valence-electron chi connectivity index (χ4n) is 4.50. The zero-order valence-corrected chi connectivity index (χ0v) is 25.4. The second-order valence-corrected chi connectivity index (χ2v) is 12.0. The van der Waals surface area contributed by atoms with Gasteiger partial charge in [0.05, 0.1) is 18.6 Å². The Kier molecular flexibility index (Phi) is 11.3.